The van der Waals surface area contributed by atoms with Crippen LogP contribution in [0.4, 0.5) is 9.59 Å². The van der Waals surface area contributed by atoms with Crippen molar-refractivity contribution in [2.75, 3.05) is 39.3 Å². The Morgan fingerprint density at radius 3 is 1.96 bits per heavy atom. The van der Waals surface area contributed by atoms with Crippen molar-refractivity contribution in [3.63, 3.8) is 0 Å². The minimum Gasteiger partial charge on any atom is -0.465 e. The maximum Gasteiger partial charge on any atom is 0.407 e. The number of hydrogen-bond donors (Lipinski definition) is 2. The van der Waals surface area contributed by atoms with E-state index in [9.17, 15) is 19.8 Å². The summed E-state index contributed by atoms with van der Waals surface area (Å²) in [6.07, 6.45) is 2.12. The van der Waals surface area contributed by atoms with E-state index in [-0.39, 0.29) is 24.4 Å². The molecule has 1 saturated heterocycles. The van der Waals surface area contributed by atoms with Gasteiger partial charge in [-0.05, 0) is 57.2 Å². The van der Waals surface area contributed by atoms with Crippen LogP contribution in [0.5, 0.6) is 0 Å². The molecule has 0 spiro atoms. The molecule has 1 heterocycles. The molecule has 0 aromatic carbocycles. The zero-order chi connectivity index (χ0) is 19.7. The van der Waals surface area contributed by atoms with Crippen LogP contribution < -0.4 is 0 Å². The number of carboxylic acid groups (broad SMARTS) is 2. The average Bonchev–Trinajstić information content (AvgIpc) is 3.03. The summed E-state index contributed by atoms with van der Waals surface area (Å²) in [4.78, 5) is 28.7. The Kier molecular flexibility index (Phi) is 9.76. The topological polar surface area (TPSA) is 84.3 Å². The van der Waals surface area contributed by atoms with Crippen molar-refractivity contribution >= 4 is 12.2 Å². The Hall–Kier alpha value is -1.50. The summed E-state index contributed by atoms with van der Waals surface area (Å²) in [6, 6.07) is -0.299. The van der Waals surface area contributed by atoms with Gasteiger partial charge in [0.25, 0.3) is 0 Å². The molecule has 1 rings (SSSR count). The fraction of sp³-hybridized carbons (Fsp3) is 0.895. The van der Waals surface area contributed by atoms with Crippen LogP contribution in [0.2, 0.25) is 0 Å². The van der Waals surface area contributed by atoms with Crippen molar-refractivity contribution in [2.24, 2.45) is 11.8 Å². The van der Waals surface area contributed by atoms with Crippen molar-refractivity contribution in [3.8, 4) is 0 Å². The summed E-state index contributed by atoms with van der Waals surface area (Å²) in [5.41, 5.74) is 0. The van der Waals surface area contributed by atoms with E-state index < -0.39 is 12.2 Å². The van der Waals surface area contributed by atoms with E-state index in [4.69, 9.17) is 0 Å². The number of likely N-dealkylation sites (tertiary alicyclic amines) is 1. The molecule has 1 aliphatic heterocycles. The van der Waals surface area contributed by atoms with E-state index in [1.54, 1.807) is 0 Å². The van der Waals surface area contributed by atoms with Gasteiger partial charge in [-0.1, -0.05) is 27.7 Å². The highest BCUT2D eigenvalue weighted by Gasteiger charge is 2.28. The first kappa shape index (κ1) is 22.5. The number of carbonyl (C=O) groups is 2. The molecule has 26 heavy (non-hydrogen) atoms. The molecule has 152 valence electrons. The van der Waals surface area contributed by atoms with Crippen LogP contribution in [0, 0.1) is 11.8 Å². The Morgan fingerprint density at radius 2 is 1.50 bits per heavy atom. The van der Waals surface area contributed by atoms with Crippen molar-refractivity contribution < 1.29 is 19.8 Å². The molecule has 0 saturated carbocycles. The molecule has 0 aromatic rings. The van der Waals surface area contributed by atoms with Crippen LogP contribution in [0.15, 0.2) is 0 Å². The van der Waals surface area contributed by atoms with Gasteiger partial charge >= 0.3 is 12.2 Å². The van der Waals surface area contributed by atoms with Crippen LogP contribution in [-0.2, 0) is 0 Å². The monoisotopic (exact) mass is 371 g/mol. The second kappa shape index (κ2) is 11.3. The normalized spacial score (nSPS) is 16.2. The molecule has 1 fully saturated rings. The van der Waals surface area contributed by atoms with Gasteiger partial charge in [0.1, 0.15) is 0 Å². The number of rotatable bonds is 11. The second-order valence-electron chi connectivity index (χ2n) is 8.25. The molecule has 0 aliphatic carbocycles. The molecule has 0 aromatic heterocycles. The first-order valence-corrected chi connectivity index (χ1v) is 9.90. The van der Waals surface area contributed by atoms with E-state index >= 15 is 0 Å². The lowest BCUT2D eigenvalue weighted by Gasteiger charge is -2.35. The predicted molar refractivity (Wildman–Crippen MR) is 103 cm³/mol. The Balaban J connectivity index is 2.79. The second-order valence-corrected chi connectivity index (χ2v) is 8.25. The van der Waals surface area contributed by atoms with Crippen molar-refractivity contribution in [1.29, 1.82) is 0 Å². The first-order chi connectivity index (χ1) is 12.2. The van der Waals surface area contributed by atoms with Crippen LogP contribution >= 0.6 is 0 Å². The molecule has 0 bridgehead atoms. The summed E-state index contributed by atoms with van der Waals surface area (Å²) < 4.78 is 0. The third kappa shape index (κ3) is 8.25. The molecular formula is C19H37N3O4. The summed E-state index contributed by atoms with van der Waals surface area (Å²) in [5, 5.41) is 19.2. The minimum atomic E-state index is -0.974. The zero-order valence-electron chi connectivity index (χ0n) is 16.9. The lowest BCUT2D eigenvalue weighted by Crippen LogP contribution is -2.50. The third-order valence-corrected chi connectivity index (χ3v) is 4.75. The predicted octanol–water partition coefficient (Wildman–Crippen LogP) is 3.50. The molecule has 0 unspecified atom stereocenters. The highest BCUT2D eigenvalue weighted by Crippen LogP contribution is 2.16. The molecule has 1 aliphatic rings. The van der Waals surface area contributed by atoms with Gasteiger partial charge in [-0.25, -0.2) is 9.59 Å². The largest absolute Gasteiger partial charge is 0.465 e. The van der Waals surface area contributed by atoms with Gasteiger partial charge < -0.3 is 24.9 Å². The maximum absolute atomic E-state index is 11.8. The van der Waals surface area contributed by atoms with Gasteiger partial charge in [-0.2, -0.15) is 0 Å². The minimum absolute atomic E-state index is 0.204. The maximum atomic E-state index is 11.8. The van der Waals surface area contributed by atoms with Gasteiger partial charge in [-0.3, -0.25) is 0 Å². The SMILES string of the molecule is CC(C)CN(C[C@H](CCCN1CCCC1)N(CC(C)C)C(=O)O)C(=O)O. The van der Waals surface area contributed by atoms with Crippen molar-refractivity contribution in [1.82, 2.24) is 14.7 Å². The van der Waals surface area contributed by atoms with Crippen LogP contribution in [-0.4, -0.2) is 82.4 Å². The number of nitrogens with zero attached hydrogens (tertiary/aromatic N) is 3. The van der Waals surface area contributed by atoms with Crippen molar-refractivity contribution in [2.45, 2.75) is 59.4 Å². The molecule has 2 N–H and O–H groups in total. The fourth-order valence-corrected chi connectivity index (χ4v) is 3.61. The van der Waals surface area contributed by atoms with E-state index in [1.165, 1.54) is 22.6 Å². The number of amides is 2. The van der Waals surface area contributed by atoms with Crippen molar-refractivity contribution in [3.05, 3.63) is 0 Å². The lowest BCUT2D eigenvalue weighted by atomic mass is 10.1. The van der Waals surface area contributed by atoms with Crippen LogP contribution in [0.1, 0.15) is 53.4 Å². The Bertz CT molecular complexity index is 437. The summed E-state index contributed by atoms with van der Waals surface area (Å²) in [7, 11) is 0. The van der Waals surface area contributed by atoms with E-state index in [2.05, 4.69) is 4.90 Å². The average molecular weight is 372 g/mol. The van der Waals surface area contributed by atoms with Gasteiger partial charge in [0.15, 0.2) is 0 Å². The quantitative estimate of drug-likeness (QED) is 0.581. The molecule has 0 radical (unpaired) electrons. The van der Waals surface area contributed by atoms with Gasteiger partial charge in [0.05, 0.1) is 6.04 Å². The van der Waals surface area contributed by atoms with Gasteiger partial charge in [0, 0.05) is 19.6 Å². The standard InChI is InChI=1S/C19H37N3O4/c1-15(2)12-21(18(23)24)14-17(22(19(25)26)13-16(3)4)8-7-11-20-9-5-6-10-20/h15-17H,5-14H2,1-4H3,(H,23,24)(H,25,26)/t17-/m0/s1. The Morgan fingerprint density at radius 1 is 0.923 bits per heavy atom. The molecule has 7 heteroatoms. The fourth-order valence-electron chi connectivity index (χ4n) is 3.61. The highest BCUT2D eigenvalue weighted by atomic mass is 16.4. The third-order valence-electron chi connectivity index (χ3n) is 4.75. The Labute approximate surface area is 157 Å². The summed E-state index contributed by atoms with van der Waals surface area (Å²) in [5.74, 6) is 0.412. The van der Waals surface area contributed by atoms with Crippen LogP contribution in [0.25, 0.3) is 0 Å². The van der Waals surface area contributed by atoms with E-state index in [1.807, 2.05) is 27.7 Å². The summed E-state index contributed by atoms with van der Waals surface area (Å²) >= 11 is 0. The first-order valence-electron chi connectivity index (χ1n) is 9.90. The van der Waals surface area contributed by atoms with Gasteiger partial charge in [0.2, 0.25) is 0 Å². The zero-order valence-corrected chi connectivity index (χ0v) is 16.9. The smallest absolute Gasteiger partial charge is 0.407 e. The molecule has 7 nitrogen and oxygen atoms in total. The van der Waals surface area contributed by atoms with E-state index in [0.29, 0.717) is 19.5 Å². The molecule has 1 atom stereocenters. The van der Waals surface area contributed by atoms with Gasteiger partial charge in [-0.15, -0.1) is 0 Å². The number of hydrogen-bond acceptors (Lipinski definition) is 3. The van der Waals surface area contributed by atoms with E-state index in [0.717, 1.165) is 26.1 Å². The summed E-state index contributed by atoms with van der Waals surface area (Å²) in [6.45, 7) is 12.2. The molecular weight excluding hydrogens is 334 g/mol. The van der Waals surface area contributed by atoms with Crippen LogP contribution in [0.3, 0.4) is 0 Å². The lowest BCUT2D eigenvalue weighted by molar-refractivity contribution is 0.0847. The molecule has 2 amide bonds. The highest BCUT2D eigenvalue weighted by molar-refractivity contribution is 5.67.